The summed E-state index contributed by atoms with van der Waals surface area (Å²) in [5, 5.41) is 9.93. The van der Waals surface area contributed by atoms with Gasteiger partial charge in [0.25, 0.3) is 0 Å². The van der Waals surface area contributed by atoms with Crippen LogP contribution in [0, 0.1) is 0 Å². The third kappa shape index (κ3) is 10.1. The quantitative estimate of drug-likeness (QED) is 0.134. The van der Waals surface area contributed by atoms with E-state index in [0.29, 0.717) is 0 Å². The van der Waals surface area contributed by atoms with Crippen molar-refractivity contribution in [3.05, 3.63) is 382 Å². The highest BCUT2D eigenvalue weighted by Crippen LogP contribution is 2.42. The second-order valence-electron chi connectivity index (χ2n) is 25.8. The summed E-state index contributed by atoms with van der Waals surface area (Å²) in [4.78, 5) is 5.34. The first-order chi connectivity index (χ1) is 49.6. The van der Waals surface area contributed by atoms with E-state index in [1.165, 1.54) is 121 Å². The molecular formula is C95H63N5. The van der Waals surface area contributed by atoms with Gasteiger partial charge in [0.1, 0.15) is 5.82 Å². The van der Waals surface area contributed by atoms with Crippen LogP contribution in [0.3, 0.4) is 0 Å². The lowest BCUT2D eigenvalue weighted by atomic mass is 10.0. The Balaban J connectivity index is 0.000000139. The van der Waals surface area contributed by atoms with E-state index in [4.69, 9.17) is 4.98 Å². The third-order valence-corrected chi connectivity index (χ3v) is 20.0. The van der Waals surface area contributed by atoms with Gasteiger partial charge in [-0.15, -0.1) is 0 Å². The van der Waals surface area contributed by atoms with Crippen LogP contribution in [0.1, 0.15) is 0 Å². The van der Waals surface area contributed by atoms with E-state index in [0.717, 1.165) is 56.3 Å². The minimum Gasteiger partial charge on any atom is -0.309 e. The zero-order chi connectivity index (χ0) is 66.0. The summed E-state index contributed by atoms with van der Waals surface area (Å²) in [7, 11) is 0. The largest absolute Gasteiger partial charge is 0.309 e. The van der Waals surface area contributed by atoms with E-state index in [2.05, 4.69) is 400 Å². The molecule has 5 aromatic heterocycles. The van der Waals surface area contributed by atoms with Crippen LogP contribution in [-0.4, -0.2) is 23.3 Å². The van der Waals surface area contributed by atoms with Crippen molar-refractivity contribution in [2.75, 3.05) is 0 Å². The van der Waals surface area contributed by atoms with Crippen LogP contribution in [-0.2, 0) is 0 Å². The number of hydrogen-bond acceptors (Lipinski definition) is 1. The molecular weight excluding hydrogens is 1210 g/mol. The van der Waals surface area contributed by atoms with Crippen LogP contribution in [0.5, 0.6) is 0 Å². The number of fused-ring (bicyclic) bond motifs is 12. The Labute approximate surface area is 578 Å². The number of para-hydroxylation sites is 5. The van der Waals surface area contributed by atoms with Crippen molar-refractivity contribution in [2.24, 2.45) is 0 Å². The van der Waals surface area contributed by atoms with Gasteiger partial charge in [-0.1, -0.05) is 267 Å². The van der Waals surface area contributed by atoms with Gasteiger partial charge in [-0.3, -0.25) is 4.57 Å². The monoisotopic (exact) mass is 1270 g/mol. The van der Waals surface area contributed by atoms with Gasteiger partial charge in [-0.2, -0.15) is 0 Å². The highest BCUT2D eigenvalue weighted by Gasteiger charge is 2.21. The molecule has 0 unspecified atom stereocenters. The standard InChI is InChI=1S/C48H32N2.C47H31N3/c1-3-13-33(14-4-1)35-17-11-19-39(29-35)49-45-23-9-7-21-41(45)43-31-37(25-27-47(43)49)38-26-28-48-44(32-38)42-22-8-10-24-46(42)50(48)40-20-12-18-36(30-40)34-15-5-2-6-16-34;1-4-14-32(15-5-1)36-29-42(33-16-6-2-7-17-33)48-47(31-36)50-44-23-13-10-20-38(44)40-26-24-35(30-46(40)50)34-25-27-45-41(28-34)39-21-11-12-22-43(39)49(45)37-18-8-3-9-19-37/h1-32H;1-31H. The zero-order valence-corrected chi connectivity index (χ0v) is 54.6. The first-order valence-corrected chi connectivity index (χ1v) is 34.2. The SMILES string of the molecule is c1ccc(-c2cc(-c3ccccc3)nc(-n3c4ccccc4c4ccc(-c5ccc6c(c5)c5ccccc5n6-c5ccccc5)cc43)c2)cc1.c1ccc(-c2cccc(-n3c4ccccc4c4cc(-c5ccc6c(c5)c5ccccc5n6-c5cccc(-c6ccccc6)c5)ccc43)c2)cc1. The molecule has 0 bridgehead atoms. The van der Waals surface area contributed by atoms with Crippen molar-refractivity contribution < 1.29 is 0 Å². The Hall–Kier alpha value is -13.4. The summed E-state index contributed by atoms with van der Waals surface area (Å²) >= 11 is 0. The number of pyridine rings is 1. The molecule has 100 heavy (non-hydrogen) atoms. The molecule has 0 radical (unpaired) electrons. The lowest BCUT2D eigenvalue weighted by Crippen LogP contribution is -2.00. The van der Waals surface area contributed by atoms with Gasteiger partial charge in [0.05, 0.1) is 49.8 Å². The van der Waals surface area contributed by atoms with Crippen molar-refractivity contribution in [3.8, 4) is 89.8 Å². The van der Waals surface area contributed by atoms with Gasteiger partial charge < -0.3 is 13.7 Å². The number of hydrogen-bond donors (Lipinski definition) is 0. The van der Waals surface area contributed by atoms with Crippen molar-refractivity contribution in [3.63, 3.8) is 0 Å². The maximum Gasteiger partial charge on any atom is 0.138 e. The van der Waals surface area contributed by atoms with Crippen LogP contribution in [0.2, 0.25) is 0 Å². The molecule has 0 amide bonds. The molecule has 0 aliphatic carbocycles. The number of benzene rings is 15. The van der Waals surface area contributed by atoms with Crippen LogP contribution >= 0.6 is 0 Å². The van der Waals surface area contributed by atoms with Crippen LogP contribution in [0.25, 0.3) is 177 Å². The molecule has 468 valence electrons. The summed E-state index contributed by atoms with van der Waals surface area (Å²) in [5.74, 6) is 0.898. The molecule has 5 nitrogen and oxygen atoms in total. The fourth-order valence-corrected chi connectivity index (χ4v) is 15.4. The summed E-state index contributed by atoms with van der Waals surface area (Å²) in [6.07, 6.45) is 0. The Kier molecular flexibility index (Phi) is 14.2. The predicted octanol–water partition coefficient (Wildman–Crippen LogP) is 25.2. The van der Waals surface area contributed by atoms with Gasteiger partial charge in [0.15, 0.2) is 0 Å². The molecule has 5 heterocycles. The van der Waals surface area contributed by atoms with E-state index in [1.54, 1.807) is 0 Å². The molecule has 0 fully saturated rings. The fourth-order valence-electron chi connectivity index (χ4n) is 15.4. The lowest BCUT2D eigenvalue weighted by Gasteiger charge is -2.13. The highest BCUT2D eigenvalue weighted by molar-refractivity contribution is 6.15. The van der Waals surface area contributed by atoms with Crippen molar-refractivity contribution in [2.45, 2.75) is 0 Å². The maximum absolute atomic E-state index is 5.34. The Morgan fingerprint density at radius 3 is 0.900 bits per heavy atom. The average Bonchev–Trinajstić information content (AvgIpc) is 1.59. The summed E-state index contributed by atoms with van der Waals surface area (Å²) < 4.78 is 9.51. The number of aromatic nitrogens is 5. The summed E-state index contributed by atoms with van der Waals surface area (Å²) in [6.45, 7) is 0. The second-order valence-corrected chi connectivity index (χ2v) is 25.8. The van der Waals surface area contributed by atoms with E-state index >= 15 is 0 Å². The smallest absolute Gasteiger partial charge is 0.138 e. The van der Waals surface area contributed by atoms with Crippen LogP contribution in [0.4, 0.5) is 0 Å². The van der Waals surface area contributed by atoms with E-state index in [9.17, 15) is 0 Å². The Morgan fingerprint density at radius 2 is 0.450 bits per heavy atom. The average molecular weight is 1270 g/mol. The minimum absolute atomic E-state index is 0.898. The topological polar surface area (TPSA) is 32.6 Å². The molecule has 5 heteroatoms. The minimum atomic E-state index is 0.898. The van der Waals surface area contributed by atoms with Gasteiger partial charge in [-0.05, 0) is 171 Å². The molecule has 20 aromatic rings. The predicted molar refractivity (Wildman–Crippen MR) is 421 cm³/mol. The Morgan fingerprint density at radius 1 is 0.150 bits per heavy atom. The highest BCUT2D eigenvalue weighted by atomic mass is 15.1. The molecule has 0 atom stereocenters. The molecule has 0 spiro atoms. The molecule has 0 aliphatic heterocycles. The van der Waals surface area contributed by atoms with Gasteiger partial charge in [0, 0.05) is 65.7 Å². The first-order valence-electron chi connectivity index (χ1n) is 34.2. The third-order valence-electron chi connectivity index (χ3n) is 20.0. The number of nitrogens with zero attached hydrogens (tertiary/aromatic N) is 5. The summed E-state index contributed by atoms with van der Waals surface area (Å²) in [5.41, 5.74) is 27.0. The van der Waals surface area contributed by atoms with Crippen molar-refractivity contribution >= 4 is 87.2 Å². The van der Waals surface area contributed by atoms with E-state index < -0.39 is 0 Å². The molecule has 0 saturated heterocycles. The number of rotatable bonds is 10. The van der Waals surface area contributed by atoms with Gasteiger partial charge in [-0.25, -0.2) is 4.98 Å². The normalized spacial score (nSPS) is 11.6. The lowest BCUT2D eigenvalue weighted by molar-refractivity contribution is 1.08. The molecule has 20 rings (SSSR count). The van der Waals surface area contributed by atoms with Crippen molar-refractivity contribution in [1.29, 1.82) is 0 Å². The molecule has 0 aliphatic rings. The molecule has 15 aromatic carbocycles. The fraction of sp³-hybridized carbons (Fsp3) is 0. The van der Waals surface area contributed by atoms with Crippen molar-refractivity contribution in [1.82, 2.24) is 23.3 Å². The molecule has 0 N–H and O–H groups in total. The molecule has 0 saturated carbocycles. The summed E-state index contributed by atoms with van der Waals surface area (Å²) in [6, 6.07) is 138. The zero-order valence-electron chi connectivity index (χ0n) is 54.6. The first kappa shape index (κ1) is 58.0. The maximum atomic E-state index is 5.34. The second kappa shape index (κ2) is 24.4. The van der Waals surface area contributed by atoms with Crippen LogP contribution < -0.4 is 0 Å². The van der Waals surface area contributed by atoms with E-state index in [1.807, 2.05) is 0 Å². The van der Waals surface area contributed by atoms with Gasteiger partial charge >= 0.3 is 0 Å². The van der Waals surface area contributed by atoms with E-state index in [-0.39, 0.29) is 0 Å². The Bertz CT molecular complexity index is 6240. The van der Waals surface area contributed by atoms with Gasteiger partial charge in [0.2, 0.25) is 0 Å². The van der Waals surface area contributed by atoms with Crippen LogP contribution in [0.15, 0.2) is 382 Å².